The van der Waals surface area contributed by atoms with E-state index in [1.165, 1.54) is 6.92 Å². The van der Waals surface area contributed by atoms with Gasteiger partial charge in [-0.2, -0.15) is 0 Å². The van der Waals surface area contributed by atoms with Gasteiger partial charge in [0.2, 0.25) is 0 Å². The van der Waals surface area contributed by atoms with E-state index in [4.69, 9.17) is 66.3 Å². The molecule has 21 aliphatic heterocycles. The van der Waals surface area contributed by atoms with E-state index < -0.39 is 241 Å². The molecule has 32 heteroatoms. The summed E-state index contributed by atoms with van der Waals surface area (Å²) in [4.78, 5) is 0. The molecule has 35 unspecified atom stereocenters. The van der Waals surface area contributed by atoms with Crippen LogP contribution in [0.4, 0.5) is 0 Å². The Morgan fingerprint density at radius 1 is 0.269 bits per heavy atom. The zero-order chi connectivity index (χ0) is 56.9. The van der Waals surface area contributed by atoms with Crippen LogP contribution in [0.5, 0.6) is 0 Å². The molecule has 78 heavy (non-hydrogen) atoms. The Bertz CT molecular complexity index is 1860. The number of rotatable bonds is 7. The third kappa shape index (κ3) is 12.4. The third-order valence-electron chi connectivity index (χ3n) is 15.5. The Hall–Kier alpha value is -1.28. The molecule has 21 aliphatic rings. The lowest BCUT2D eigenvalue weighted by atomic mass is 9.91. The first-order valence-corrected chi connectivity index (χ1v) is 26.1. The van der Waals surface area contributed by atoms with Gasteiger partial charge in [-0.15, -0.1) is 0 Å². The van der Waals surface area contributed by atoms with Crippen LogP contribution in [-0.2, 0) is 66.3 Å². The second-order valence-corrected chi connectivity index (χ2v) is 21.3. The van der Waals surface area contributed by atoms with Gasteiger partial charge in [-0.1, -0.05) is 20.8 Å². The summed E-state index contributed by atoms with van der Waals surface area (Å²) >= 11 is 0. The highest BCUT2D eigenvalue weighted by Gasteiger charge is 2.59. The average Bonchev–Trinajstić information content (AvgIpc) is 3.43. The lowest BCUT2D eigenvalue weighted by Gasteiger charge is -2.50. The lowest BCUT2D eigenvalue weighted by molar-refractivity contribution is -0.395. The number of hydrogen-bond donors (Lipinski definition) is 18. The molecule has 35 atom stereocenters. The maximum Gasteiger partial charge on any atom is 0.187 e. The number of ether oxygens (including phenoxy) is 14. The zero-order valence-corrected chi connectivity index (χ0v) is 42.8. The van der Waals surface area contributed by atoms with Gasteiger partial charge in [-0.05, 0) is 25.7 Å². The van der Waals surface area contributed by atoms with Crippen LogP contribution in [0, 0.1) is 5.92 Å². The summed E-state index contributed by atoms with van der Waals surface area (Å²) in [6, 6.07) is 0. The van der Waals surface area contributed by atoms with E-state index in [1.807, 2.05) is 0 Å². The molecular formula is C46H78O32. The SMILES string of the molecule is CCC1OC2OC3C(CO)OC(OC4C(CO)OC(OC5C(CO)OC(OC6C(C)OC(OC7C(CO)OC(OC8C(CC(C)C)OC(OC1C(O)C2O)C(O)C8O)C(O)C7O)C(O)C6O)C(O)C5O)C(O)C4O)C(O)C3O. The molecule has 0 amide bonds. The number of aliphatic hydroxyl groups is 18. The predicted molar refractivity (Wildman–Crippen MR) is 243 cm³/mol. The standard InChI is InChI=1S/C46H78O32/c1-5-13-34-20(52)27(59)41(66-13)76-37-17(9-49)70-45(31(63)24(37)56)78-39-18(10-50)71-46(32(64)25(39)57)77-38-16(8-48)68-43(29(61)22(38)54)72-33-12(4)65-40(26(58)19(33)51)75-36-15(7-47)69-44(30(62)23(36)55)74-35-14(6-11(2)3)67-42(73-34)28(60)21(35)53/h11-64H,5-10H2,1-4H3. The zero-order valence-electron chi connectivity index (χ0n) is 42.8. The summed E-state index contributed by atoms with van der Waals surface area (Å²) in [7, 11) is 0. The van der Waals surface area contributed by atoms with Crippen molar-refractivity contribution >= 4 is 0 Å². The minimum Gasteiger partial charge on any atom is -0.394 e. The second kappa shape index (κ2) is 26.3. The van der Waals surface area contributed by atoms with Crippen molar-refractivity contribution in [3.8, 4) is 0 Å². The van der Waals surface area contributed by atoms with E-state index in [1.54, 1.807) is 20.8 Å². The molecule has 14 bridgehead atoms. The van der Waals surface area contributed by atoms with Crippen LogP contribution in [0.3, 0.4) is 0 Å². The smallest absolute Gasteiger partial charge is 0.187 e. The quantitative estimate of drug-likeness (QED) is 0.113. The maximum absolute atomic E-state index is 11.7. The maximum atomic E-state index is 11.7. The minimum absolute atomic E-state index is 0.0118. The van der Waals surface area contributed by atoms with Crippen molar-refractivity contribution in [2.75, 3.05) is 26.4 Å². The molecule has 21 rings (SSSR count). The number of hydrogen-bond acceptors (Lipinski definition) is 32. The Kier molecular flexibility index (Phi) is 21.2. The average molecular weight is 1140 g/mol. The summed E-state index contributed by atoms with van der Waals surface area (Å²) in [6.45, 7) is 2.60. The van der Waals surface area contributed by atoms with Gasteiger partial charge in [-0.3, -0.25) is 0 Å². The van der Waals surface area contributed by atoms with Crippen LogP contribution < -0.4 is 0 Å². The van der Waals surface area contributed by atoms with Gasteiger partial charge < -0.3 is 158 Å². The van der Waals surface area contributed by atoms with Gasteiger partial charge in [0.05, 0.1) is 44.7 Å². The molecule has 21 fully saturated rings. The monoisotopic (exact) mass is 1140 g/mol. The van der Waals surface area contributed by atoms with Crippen LogP contribution in [0.15, 0.2) is 0 Å². The van der Waals surface area contributed by atoms with E-state index in [0.29, 0.717) is 0 Å². The molecule has 0 aliphatic carbocycles. The van der Waals surface area contributed by atoms with Crippen LogP contribution >= 0.6 is 0 Å². The molecule has 454 valence electrons. The van der Waals surface area contributed by atoms with E-state index in [9.17, 15) is 91.9 Å². The second-order valence-electron chi connectivity index (χ2n) is 21.3. The largest absolute Gasteiger partial charge is 0.394 e. The summed E-state index contributed by atoms with van der Waals surface area (Å²) in [5.41, 5.74) is 0. The topological polar surface area (TPSA) is 493 Å². The molecule has 0 aromatic rings. The molecule has 21 heterocycles. The van der Waals surface area contributed by atoms with Crippen molar-refractivity contribution in [2.24, 2.45) is 5.92 Å². The molecule has 0 saturated carbocycles. The van der Waals surface area contributed by atoms with Crippen molar-refractivity contribution in [3.63, 3.8) is 0 Å². The Labute approximate surface area is 445 Å². The van der Waals surface area contributed by atoms with Gasteiger partial charge in [-0.25, -0.2) is 0 Å². The fourth-order valence-electron chi connectivity index (χ4n) is 11.1. The Morgan fingerprint density at radius 2 is 0.474 bits per heavy atom. The lowest BCUT2D eigenvalue weighted by Crippen LogP contribution is -2.68. The molecule has 32 nitrogen and oxygen atoms in total. The van der Waals surface area contributed by atoms with Crippen molar-refractivity contribution in [3.05, 3.63) is 0 Å². The molecular weight excluding hydrogens is 1060 g/mol. The summed E-state index contributed by atoms with van der Waals surface area (Å²) in [5, 5.41) is 201. The molecule has 0 aromatic carbocycles. The first kappa shape index (κ1) is 62.8. The minimum atomic E-state index is -2.15. The van der Waals surface area contributed by atoms with Crippen molar-refractivity contribution in [1.82, 2.24) is 0 Å². The summed E-state index contributed by atoms with van der Waals surface area (Å²) < 4.78 is 82.1. The molecule has 0 spiro atoms. The van der Waals surface area contributed by atoms with Crippen molar-refractivity contribution in [1.29, 1.82) is 0 Å². The molecule has 0 radical (unpaired) electrons. The van der Waals surface area contributed by atoms with Gasteiger partial charge >= 0.3 is 0 Å². The molecule has 21 saturated heterocycles. The first-order chi connectivity index (χ1) is 37.0. The van der Waals surface area contributed by atoms with Crippen LogP contribution in [0.25, 0.3) is 0 Å². The normalized spacial score (nSPS) is 54.9. The van der Waals surface area contributed by atoms with E-state index >= 15 is 0 Å². The van der Waals surface area contributed by atoms with E-state index in [-0.39, 0.29) is 18.8 Å². The van der Waals surface area contributed by atoms with Gasteiger partial charge in [0.15, 0.2) is 44.0 Å². The Balaban J connectivity index is 1.08. The molecule has 18 N–H and O–H groups in total. The predicted octanol–water partition coefficient (Wildman–Crippen LogP) is -10.7. The van der Waals surface area contributed by atoms with Crippen LogP contribution in [0.2, 0.25) is 0 Å². The van der Waals surface area contributed by atoms with Gasteiger partial charge in [0.25, 0.3) is 0 Å². The highest BCUT2D eigenvalue weighted by atomic mass is 16.8. The first-order valence-electron chi connectivity index (χ1n) is 26.1. The Morgan fingerprint density at radius 3 is 0.731 bits per heavy atom. The van der Waals surface area contributed by atoms with Crippen LogP contribution in [-0.4, -0.2) is 333 Å². The third-order valence-corrected chi connectivity index (χ3v) is 15.5. The highest BCUT2D eigenvalue weighted by molar-refractivity contribution is 5.01. The fraction of sp³-hybridized carbons (Fsp3) is 1.00. The van der Waals surface area contributed by atoms with Crippen molar-refractivity contribution in [2.45, 2.75) is 255 Å². The van der Waals surface area contributed by atoms with E-state index in [0.717, 1.165) is 0 Å². The van der Waals surface area contributed by atoms with Crippen molar-refractivity contribution < 1.29 is 158 Å². The summed E-state index contributed by atoms with van der Waals surface area (Å²) in [6.07, 6.45) is -63.9. The summed E-state index contributed by atoms with van der Waals surface area (Å²) in [5.74, 6) is -0.212. The van der Waals surface area contributed by atoms with Gasteiger partial charge in [0, 0.05) is 0 Å². The fourth-order valence-corrected chi connectivity index (χ4v) is 11.1. The molecule has 0 aromatic heterocycles. The van der Waals surface area contributed by atoms with Crippen LogP contribution in [0.1, 0.15) is 40.5 Å². The van der Waals surface area contributed by atoms with Gasteiger partial charge in [0.1, 0.15) is 153 Å². The highest BCUT2D eigenvalue weighted by Crippen LogP contribution is 2.39. The van der Waals surface area contributed by atoms with E-state index in [2.05, 4.69) is 0 Å². The number of aliphatic hydroxyl groups excluding tert-OH is 18.